The number of aryl methyl sites for hydroxylation is 1. The van der Waals surface area contributed by atoms with Crippen LogP contribution in [-0.4, -0.2) is 35.2 Å². The van der Waals surface area contributed by atoms with E-state index in [0.717, 1.165) is 18.8 Å². The van der Waals surface area contributed by atoms with Gasteiger partial charge >= 0.3 is 0 Å². The van der Waals surface area contributed by atoms with Gasteiger partial charge in [-0.05, 0) is 19.5 Å². The fourth-order valence-electron chi connectivity index (χ4n) is 2.10. The van der Waals surface area contributed by atoms with Crippen LogP contribution in [0.3, 0.4) is 0 Å². The maximum atomic E-state index is 5.57. The van der Waals surface area contributed by atoms with Gasteiger partial charge in [-0.2, -0.15) is 5.10 Å². The molecule has 0 aliphatic heterocycles. The molecule has 0 fully saturated rings. The number of H-pyrrole nitrogens is 1. The molecule has 1 heterocycles. The Hall–Kier alpha value is -1.65. The predicted molar refractivity (Wildman–Crippen MR) is 74.1 cm³/mol. The molecule has 0 bridgehead atoms. The minimum Gasteiger partial charge on any atom is -0.329 e. The largest absolute Gasteiger partial charge is 0.329 e. The van der Waals surface area contributed by atoms with Gasteiger partial charge in [-0.15, -0.1) is 0 Å². The number of nitrogens with zero attached hydrogens (tertiary/aromatic N) is 2. The normalized spacial score (nSPS) is 11.1. The zero-order valence-electron chi connectivity index (χ0n) is 11.0. The van der Waals surface area contributed by atoms with E-state index in [2.05, 4.69) is 41.2 Å². The summed E-state index contributed by atoms with van der Waals surface area (Å²) < 4.78 is 0. The first-order chi connectivity index (χ1) is 8.72. The Balaban J connectivity index is 2.25. The summed E-state index contributed by atoms with van der Waals surface area (Å²) in [7, 11) is 2.07. The van der Waals surface area contributed by atoms with E-state index < -0.39 is 0 Å². The number of likely N-dealkylation sites (N-methyl/N-ethyl adjacent to an activating group) is 1. The Morgan fingerprint density at radius 1 is 1.33 bits per heavy atom. The summed E-state index contributed by atoms with van der Waals surface area (Å²) >= 11 is 0. The third-order valence-electron chi connectivity index (χ3n) is 3.07. The summed E-state index contributed by atoms with van der Waals surface area (Å²) in [5, 5.41) is 7.34. The second kappa shape index (κ2) is 5.80. The third kappa shape index (κ3) is 2.78. The molecule has 96 valence electrons. The van der Waals surface area contributed by atoms with Gasteiger partial charge in [-0.25, -0.2) is 0 Å². The molecule has 0 atom stereocenters. The van der Waals surface area contributed by atoms with Gasteiger partial charge in [0, 0.05) is 37.0 Å². The zero-order chi connectivity index (χ0) is 13.0. The van der Waals surface area contributed by atoms with Gasteiger partial charge in [0.05, 0.1) is 5.69 Å². The molecule has 4 heteroatoms. The molecule has 0 aliphatic carbocycles. The van der Waals surface area contributed by atoms with Crippen LogP contribution in [-0.2, 0) is 6.54 Å². The van der Waals surface area contributed by atoms with Crippen molar-refractivity contribution in [3.8, 4) is 11.3 Å². The van der Waals surface area contributed by atoms with E-state index in [4.69, 9.17) is 5.73 Å². The molecule has 0 saturated heterocycles. The molecule has 0 saturated carbocycles. The standard InChI is InChI=1S/C14H20N4/c1-11-5-3-4-6-13(11)14-12(9-16-17-14)10-18(2)8-7-15/h3-6,9H,7-8,10,15H2,1-2H3,(H,16,17). The number of aromatic amines is 1. The van der Waals surface area contributed by atoms with Crippen LogP contribution in [0.15, 0.2) is 30.5 Å². The molecule has 0 radical (unpaired) electrons. The summed E-state index contributed by atoms with van der Waals surface area (Å²) in [4.78, 5) is 2.20. The summed E-state index contributed by atoms with van der Waals surface area (Å²) in [5.74, 6) is 0. The van der Waals surface area contributed by atoms with Crippen LogP contribution in [0.5, 0.6) is 0 Å². The van der Waals surface area contributed by atoms with E-state index in [1.54, 1.807) is 0 Å². The van der Waals surface area contributed by atoms with Crippen molar-refractivity contribution in [3.63, 3.8) is 0 Å². The van der Waals surface area contributed by atoms with Gasteiger partial charge in [-0.3, -0.25) is 5.10 Å². The number of rotatable bonds is 5. The van der Waals surface area contributed by atoms with Crippen molar-refractivity contribution in [1.82, 2.24) is 15.1 Å². The van der Waals surface area contributed by atoms with E-state index in [0.29, 0.717) is 6.54 Å². The molecule has 0 unspecified atom stereocenters. The molecule has 0 spiro atoms. The Labute approximate surface area is 108 Å². The molecular weight excluding hydrogens is 224 g/mol. The van der Waals surface area contributed by atoms with Crippen LogP contribution >= 0.6 is 0 Å². The number of nitrogens with two attached hydrogens (primary N) is 1. The summed E-state index contributed by atoms with van der Waals surface area (Å²) in [6.07, 6.45) is 1.97. The molecule has 3 N–H and O–H groups in total. The second-order valence-corrected chi connectivity index (χ2v) is 4.60. The number of aromatic nitrogens is 2. The zero-order valence-corrected chi connectivity index (χ0v) is 11.0. The number of benzene rings is 1. The minimum atomic E-state index is 0.675. The average Bonchev–Trinajstić information content (AvgIpc) is 2.78. The van der Waals surface area contributed by atoms with Crippen molar-refractivity contribution in [2.75, 3.05) is 20.1 Å². The fourth-order valence-corrected chi connectivity index (χ4v) is 2.10. The Kier molecular flexibility index (Phi) is 4.12. The van der Waals surface area contributed by atoms with Crippen LogP contribution < -0.4 is 5.73 Å². The van der Waals surface area contributed by atoms with Crippen LogP contribution in [0.2, 0.25) is 0 Å². The van der Waals surface area contributed by atoms with Gasteiger partial charge in [0.15, 0.2) is 0 Å². The fraction of sp³-hybridized carbons (Fsp3) is 0.357. The van der Waals surface area contributed by atoms with Gasteiger partial charge in [0.25, 0.3) is 0 Å². The molecule has 2 rings (SSSR count). The third-order valence-corrected chi connectivity index (χ3v) is 3.07. The van der Waals surface area contributed by atoms with Crippen LogP contribution in [0.4, 0.5) is 0 Å². The van der Waals surface area contributed by atoms with Crippen molar-refractivity contribution in [2.24, 2.45) is 5.73 Å². The second-order valence-electron chi connectivity index (χ2n) is 4.60. The first-order valence-electron chi connectivity index (χ1n) is 6.19. The Morgan fingerprint density at radius 2 is 2.11 bits per heavy atom. The van der Waals surface area contributed by atoms with Gasteiger partial charge in [-0.1, -0.05) is 24.3 Å². The molecule has 0 amide bonds. The van der Waals surface area contributed by atoms with E-state index >= 15 is 0 Å². The number of hydrogen-bond donors (Lipinski definition) is 2. The maximum Gasteiger partial charge on any atom is 0.0968 e. The lowest BCUT2D eigenvalue weighted by Gasteiger charge is -2.15. The molecule has 18 heavy (non-hydrogen) atoms. The van der Waals surface area contributed by atoms with Crippen molar-refractivity contribution >= 4 is 0 Å². The molecular formula is C14H20N4. The van der Waals surface area contributed by atoms with E-state index in [-0.39, 0.29) is 0 Å². The van der Waals surface area contributed by atoms with Crippen molar-refractivity contribution < 1.29 is 0 Å². The molecule has 1 aromatic heterocycles. The van der Waals surface area contributed by atoms with Gasteiger partial charge in [0.1, 0.15) is 0 Å². The summed E-state index contributed by atoms with van der Waals surface area (Å²) in [5.41, 5.74) is 10.2. The van der Waals surface area contributed by atoms with Gasteiger partial charge in [0.2, 0.25) is 0 Å². The molecule has 4 nitrogen and oxygen atoms in total. The van der Waals surface area contributed by atoms with Crippen LogP contribution in [0.25, 0.3) is 11.3 Å². The highest BCUT2D eigenvalue weighted by atomic mass is 15.1. The monoisotopic (exact) mass is 244 g/mol. The minimum absolute atomic E-state index is 0.675. The smallest absolute Gasteiger partial charge is 0.0968 e. The molecule has 2 aromatic rings. The van der Waals surface area contributed by atoms with Crippen LogP contribution in [0.1, 0.15) is 11.1 Å². The summed E-state index contributed by atoms with van der Waals surface area (Å²) in [6.45, 7) is 4.53. The lowest BCUT2D eigenvalue weighted by Crippen LogP contribution is -2.25. The number of hydrogen-bond acceptors (Lipinski definition) is 3. The molecule has 1 aromatic carbocycles. The quantitative estimate of drug-likeness (QED) is 0.843. The first-order valence-corrected chi connectivity index (χ1v) is 6.19. The molecule has 0 aliphatic rings. The van der Waals surface area contributed by atoms with E-state index in [9.17, 15) is 0 Å². The lowest BCUT2D eigenvalue weighted by molar-refractivity contribution is 0.337. The lowest BCUT2D eigenvalue weighted by atomic mass is 10.0. The Bertz CT molecular complexity index is 504. The first kappa shape index (κ1) is 12.8. The van der Waals surface area contributed by atoms with E-state index in [1.165, 1.54) is 16.7 Å². The average molecular weight is 244 g/mol. The Morgan fingerprint density at radius 3 is 2.83 bits per heavy atom. The van der Waals surface area contributed by atoms with Crippen molar-refractivity contribution in [2.45, 2.75) is 13.5 Å². The summed E-state index contributed by atoms with van der Waals surface area (Å²) in [6, 6.07) is 8.31. The highest BCUT2D eigenvalue weighted by Crippen LogP contribution is 2.24. The van der Waals surface area contributed by atoms with Crippen molar-refractivity contribution in [1.29, 1.82) is 0 Å². The van der Waals surface area contributed by atoms with Crippen molar-refractivity contribution in [3.05, 3.63) is 41.6 Å². The number of nitrogens with one attached hydrogen (secondary N) is 1. The van der Waals surface area contributed by atoms with E-state index in [1.807, 2.05) is 18.3 Å². The highest BCUT2D eigenvalue weighted by molar-refractivity contribution is 5.66. The van der Waals surface area contributed by atoms with Gasteiger partial charge < -0.3 is 10.6 Å². The topological polar surface area (TPSA) is 57.9 Å². The maximum absolute atomic E-state index is 5.57. The van der Waals surface area contributed by atoms with Crippen LogP contribution in [0, 0.1) is 6.92 Å². The SMILES string of the molecule is Cc1ccccc1-c1n[nH]cc1CN(C)CCN. The highest BCUT2D eigenvalue weighted by Gasteiger charge is 2.11. The predicted octanol–water partition coefficient (Wildman–Crippen LogP) is 1.78.